The first kappa shape index (κ1) is 10.7. The van der Waals surface area contributed by atoms with Crippen LogP contribution < -0.4 is 5.32 Å². The third kappa shape index (κ3) is 2.08. The van der Waals surface area contributed by atoms with Crippen LogP contribution in [0.1, 0.15) is 11.1 Å². The van der Waals surface area contributed by atoms with Crippen LogP contribution in [-0.4, -0.2) is 7.05 Å². The molecular weight excluding hydrogens is 194 g/mol. The summed E-state index contributed by atoms with van der Waals surface area (Å²) in [6.45, 7) is 4.28. The molecule has 1 heteroatoms. The first-order chi connectivity index (χ1) is 7.70. The van der Waals surface area contributed by atoms with Gasteiger partial charge >= 0.3 is 0 Å². The average Bonchev–Trinajstić information content (AvgIpc) is 2.32. The van der Waals surface area contributed by atoms with Crippen molar-refractivity contribution in [2.24, 2.45) is 0 Å². The lowest BCUT2D eigenvalue weighted by atomic mass is 9.98. The van der Waals surface area contributed by atoms with E-state index in [1.54, 1.807) is 0 Å². The number of hydrogen-bond acceptors (Lipinski definition) is 1. The molecule has 2 aromatic carbocycles. The highest BCUT2D eigenvalue weighted by Gasteiger charge is 2.01. The fourth-order valence-electron chi connectivity index (χ4n) is 1.86. The van der Waals surface area contributed by atoms with E-state index < -0.39 is 0 Å². The van der Waals surface area contributed by atoms with E-state index in [0.717, 1.165) is 5.69 Å². The topological polar surface area (TPSA) is 12.0 Å². The van der Waals surface area contributed by atoms with Crippen LogP contribution in [0.4, 0.5) is 5.69 Å². The Balaban J connectivity index is 2.45. The van der Waals surface area contributed by atoms with E-state index in [2.05, 4.69) is 61.6 Å². The summed E-state index contributed by atoms with van der Waals surface area (Å²) in [6, 6.07) is 15.1. The van der Waals surface area contributed by atoms with Crippen molar-refractivity contribution >= 4 is 5.69 Å². The van der Waals surface area contributed by atoms with Gasteiger partial charge in [-0.25, -0.2) is 0 Å². The Hall–Kier alpha value is -1.76. The first-order valence-electron chi connectivity index (χ1n) is 5.56. The normalized spacial score (nSPS) is 10.2. The van der Waals surface area contributed by atoms with Gasteiger partial charge in [-0.1, -0.05) is 35.9 Å². The highest BCUT2D eigenvalue weighted by atomic mass is 14.8. The zero-order chi connectivity index (χ0) is 11.5. The molecule has 0 fully saturated rings. The maximum Gasteiger partial charge on any atom is 0.0337 e. The van der Waals surface area contributed by atoms with Gasteiger partial charge in [0.25, 0.3) is 0 Å². The number of hydrogen-bond donors (Lipinski definition) is 1. The van der Waals surface area contributed by atoms with Gasteiger partial charge in [0.05, 0.1) is 0 Å². The fraction of sp³-hybridized carbons (Fsp3) is 0.200. The molecule has 0 aliphatic heterocycles. The number of rotatable bonds is 2. The lowest BCUT2D eigenvalue weighted by molar-refractivity contribution is 1.39. The van der Waals surface area contributed by atoms with Gasteiger partial charge in [-0.05, 0) is 42.7 Å². The molecule has 16 heavy (non-hydrogen) atoms. The third-order valence-corrected chi connectivity index (χ3v) is 2.88. The van der Waals surface area contributed by atoms with Gasteiger partial charge in [-0.15, -0.1) is 0 Å². The van der Waals surface area contributed by atoms with Crippen molar-refractivity contribution in [3.8, 4) is 11.1 Å². The predicted molar refractivity (Wildman–Crippen MR) is 70.9 cm³/mol. The molecule has 0 aliphatic carbocycles. The molecule has 0 spiro atoms. The Morgan fingerprint density at radius 1 is 0.875 bits per heavy atom. The Bertz CT molecular complexity index is 483. The van der Waals surface area contributed by atoms with Crippen molar-refractivity contribution in [1.82, 2.24) is 0 Å². The molecule has 0 unspecified atom stereocenters. The maximum absolute atomic E-state index is 3.13. The van der Waals surface area contributed by atoms with Crippen molar-refractivity contribution in [2.45, 2.75) is 13.8 Å². The summed E-state index contributed by atoms with van der Waals surface area (Å²) in [5, 5.41) is 3.13. The zero-order valence-corrected chi connectivity index (χ0v) is 10.0. The first-order valence-corrected chi connectivity index (χ1v) is 5.56. The van der Waals surface area contributed by atoms with Crippen LogP contribution in [0.25, 0.3) is 11.1 Å². The monoisotopic (exact) mass is 211 g/mol. The largest absolute Gasteiger partial charge is 0.388 e. The molecule has 0 heterocycles. The van der Waals surface area contributed by atoms with Crippen molar-refractivity contribution < 1.29 is 0 Å². The lowest BCUT2D eigenvalue weighted by Crippen LogP contribution is -1.88. The minimum atomic E-state index is 1.15. The molecule has 2 rings (SSSR count). The van der Waals surface area contributed by atoms with Gasteiger partial charge in [0, 0.05) is 12.7 Å². The molecule has 0 saturated heterocycles. The zero-order valence-electron chi connectivity index (χ0n) is 10.0. The van der Waals surface area contributed by atoms with E-state index in [9.17, 15) is 0 Å². The summed E-state index contributed by atoms with van der Waals surface area (Å²) in [6.07, 6.45) is 0. The van der Waals surface area contributed by atoms with Gasteiger partial charge in [-0.3, -0.25) is 0 Å². The van der Waals surface area contributed by atoms with Crippen molar-refractivity contribution in [1.29, 1.82) is 0 Å². The van der Waals surface area contributed by atoms with Gasteiger partial charge in [-0.2, -0.15) is 0 Å². The maximum atomic E-state index is 3.13. The minimum Gasteiger partial charge on any atom is -0.388 e. The second kappa shape index (κ2) is 4.40. The van der Waals surface area contributed by atoms with E-state index >= 15 is 0 Å². The van der Waals surface area contributed by atoms with Crippen LogP contribution in [0.15, 0.2) is 42.5 Å². The van der Waals surface area contributed by atoms with Crippen LogP contribution >= 0.6 is 0 Å². The lowest BCUT2D eigenvalue weighted by Gasteiger charge is -2.08. The summed E-state index contributed by atoms with van der Waals surface area (Å²) in [7, 11) is 1.94. The second-order valence-corrected chi connectivity index (χ2v) is 4.15. The Labute approximate surface area is 97.1 Å². The van der Waals surface area contributed by atoms with Crippen molar-refractivity contribution in [3.05, 3.63) is 53.6 Å². The molecule has 0 radical (unpaired) electrons. The summed E-state index contributed by atoms with van der Waals surface area (Å²) in [5.74, 6) is 0. The molecule has 0 saturated carbocycles. The van der Waals surface area contributed by atoms with Crippen molar-refractivity contribution in [3.63, 3.8) is 0 Å². The van der Waals surface area contributed by atoms with Crippen LogP contribution in [0.3, 0.4) is 0 Å². The van der Waals surface area contributed by atoms with Crippen LogP contribution in [0.2, 0.25) is 0 Å². The van der Waals surface area contributed by atoms with Crippen LogP contribution in [-0.2, 0) is 0 Å². The number of anilines is 1. The Morgan fingerprint density at radius 2 is 1.56 bits per heavy atom. The predicted octanol–water partition coefficient (Wildman–Crippen LogP) is 4.01. The Morgan fingerprint density at radius 3 is 2.19 bits per heavy atom. The molecular formula is C15H17N. The van der Waals surface area contributed by atoms with E-state index in [1.165, 1.54) is 22.3 Å². The summed E-state index contributed by atoms with van der Waals surface area (Å²) < 4.78 is 0. The second-order valence-electron chi connectivity index (χ2n) is 4.15. The Kier molecular flexibility index (Phi) is 2.95. The van der Waals surface area contributed by atoms with E-state index in [-0.39, 0.29) is 0 Å². The molecule has 82 valence electrons. The van der Waals surface area contributed by atoms with Gasteiger partial charge in [0.1, 0.15) is 0 Å². The van der Waals surface area contributed by atoms with Gasteiger partial charge < -0.3 is 5.32 Å². The smallest absolute Gasteiger partial charge is 0.0337 e. The number of nitrogens with one attached hydrogen (secondary N) is 1. The van der Waals surface area contributed by atoms with Gasteiger partial charge in [0.2, 0.25) is 0 Å². The van der Waals surface area contributed by atoms with Crippen molar-refractivity contribution in [2.75, 3.05) is 12.4 Å². The molecule has 1 N–H and O–H groups in total. The molecule has 0 amide bonds. The average molecular weight is 211 g/mol. The summed E-state index contributed by atoms with van der Waals surface area (Å²) >= 11 is 0. The van der Waals surface area contributed by atoms with Crippen LogP contribution in [0, 0.1) is 13.8 Å². The summed E-state index contributed by atoms with van der Waals surface area (Å²) in [4.78, 5) is 0. The minimum absolute atomic E-state index is 1.15. The molecule has 0 bridgehead atoms. The fourth-order valence-corrected chi connectivity index (χ4v) is 1.86. The van der Waals surface area contributed by atoms with Gasteiger partial charge in [0.15, 0.2) is 0 Å². The van der Waals surface area contributed by atoms with Crippen LogP contribution in [0.5, 0.6) is 0 Å². The van der Waals surface area contributed by atoms with E-state index in [0.29, 0.717) is 0 Å². The number of benzene rings is 2. The highest BCUT2D eigenvalue weighted by Crippen LogP contribution is 2.25. The standard InChI is InChI=1S/C15H17N/c1-11-4-5-12(2)15(10-11)13-6-8-14(16-3)9-7-13/h4-10,16H,1-3H3. The quantitative estimate of drug-likeness (QED) is 0.791. The third-order valence-electron chi connectivity index (χ3n) is 2.88. The molecule has 2 aromatic rings. The number of aryl methyl sites for hydroxylation is 2. The SMILES string of the molecule is CNc1ccc(-c2cc(C)ccc2C)cc1. The summed E-state index contributed by atoms with van der Waals surface area (Å²) in [5.41, 5.74) is 6.37. The molecule has 0 aromatic heterocycles. The highest BCUT2D eigenvalue weighted by molar-refractivity contribution is 5.69. The van der Waals surface area contributed by atoms with E-state index in [4.69, 9.17) is 0 Å². The molecule has 0 aliphatic rings. The molecule has 1 nitrogen and oxygen atoms in total. The van der Waals surface area contributed by atoms with E-state index in [1.807, 2.05) is 7.05 Å². The molecule has 0 atom stereocenters.